The van der Waals surface area contributed by atoms with Gasteiger partial charge in [0.1, 0.15) is 0 Å². The van der Waals surface area contributed by atoms with Gasteiger partial charge >= 0.3 is 0 Å². The Morgan fingerprint density at radius 1 is 1.19 bits per heavy atom. The molecular formula is C17H25NO2S. The normalized spacial score (nSPS) is 30.6. The summed E-state index contributed by atoms with van der Waals surface area (Å²) in [7, 11) is -3.08. The highest BCUT2D eigenvalue weighted by atomic mass is 32.2. The molecule has 0 saturated heterocycles. The van der Waals surface area contributed by atoms with Crippen molar-refractivity contribution in [3.63, 3.8) is 0 Å². The summed E-state index contributed by atoms with van der Waals surface area (Å²) in [6, 6.07) is 8.18. The van der Waals surface area contributed by atoms with Crippen molar-refractivity contribution in [3.05, 3.63) is 29.8 Å². The van der Waals surface area contributed by atoms with Crippen LogP contribution in [0.4, 0.5) is 0 Å². The van der Waals surface area contributed by atoms with E-state index in [4.69, 9.17) is 0 Å². The Hall–Kier alpha value is -0.870. The standard InChI is InChI=1S/C17H25NO2S/c1-17(2)10-5-6-13(12-17)18-15-9-11-21(19,20)16-8-4-3-7-14(15)16/h3-4,7-8,13,15,18H,5-6,9-12H2,1-2H3. The van der Waals surface area contributed by atoms with E-state index < -0.39 is 9.84 Å². The lowest BCUT2D eigenvalue weighted by molar-refractivity contribution is 0.187. The lowest BCUT2D eigenvalue weighted by Gasteiger charge is -2.38. The molecule has 3 rings (SSSR count). The molecule has 1 saturated carbocycles. The van der Waals surface area contributed by atoms with Crippen molar-refractivity contribution >= 4 is 9.84 Å². The molecule has 0 radical (unpaired) electrons. The minimum atomic E-state index is -3.08. The summed E-state index contributed by atoms with van der Waals surface area (Å²) in [5, 5.41) is 3.74. The third-order valence-electron chi connectivity index (χ3n) is 4.95. The maximum absolute atomic E-state index is 12.2. The smallest absolute Gasteiger partial charge is 0.178 e. The Kier molecular flexibility index (Phi) is 3.87. The van der Waals surface area contributed by atoms with Crippen LogP contribution in [0.2, 0.25) is 0 Å². The van der Waals surface area contributed by atoms with E-state index in [1.165, 1.54) is 25.7 Å². The van der Waals surface area contributed by atoms with E-state index in [9.17, 15) is 8.42 Å². The molecule has 1 aromatic carbocycles. The molecule has 1 heterocycles. The van der Waals surface area contributed by atoms with E-state index in [1.807, 2.05) is 18.2 Å². The van der Waals surface area contributed by atoms with Crippen molar-refractivity contribution in [3.8, 4) is 0 Å². The van der Waals surface area contributed by atoms with Crippen LogP contribution in [0, 0.1) is 5.41 Å². The van der Waals surface area contributed by atoms with Crippen LogP contribution >= 0.6 is 0 Å². The first-order chi connectivity index (χ1) is 9.87. The van der Waals surface area contributed by atoms with Gasteiger partial charge < -0.3 is 5.32 Å². The molecule has 1 aliphatic heterocycles. The van der Waals surface area contributed by atoms with Gasteiger partial charge in [-0.2, -0.15) is 0 Å². The van der Waals surface area contributed by atoms with Crippen LogP contribution in [0.3, 0.4) is 0 Å². The first-order valence-corrected chi connectivity index (χ1v) is 9.60. The van der Waals surface area contributed by atoms with Gasteiger partial charge in [-0.3, -0.25) is 0 Å². The van der Waals surface area contributed by atoms with Gasteiger partial charge in [0.05, 0.1) is 10.6 Å². The molecule has 2 aliphatic rings. The summed E-state index contributed by atoms with van der Waals surface area (Å²) >= 11 is 0. The summed E-state index contributed by atoms with van der Waals surface area (Å²) in [5.74, 6) is 0.262. The van der Waals surface area contributed by atoms with Crippen molar-refractivity contribution in [2.75, 3.05) is 5.75 Å². The molecule has 1 fully saturated rings. The monoisotopic (exact) mass is 307 g/mol. The van der Waals surface area contributed by atoms with Crippen LogP contribution in [0.25, 0.3) is 0 Å². The van der Waals surface area contributed by atoms with Crippen LogP contribution in [-0.2, 0) is 9.84 Å². The van der Waals surface area contributed by atoms with Crippen LogP contribution < -0.4 is 5.32 Å². The van der Waals surface area contributed by atoms with Gasteiger partial charge in [-0.05, 0) is 42.7 Å². The zero-order chi connectivity index (χ0) is 15.1. The third kappa shape index (κ3) is 3.16. The molecule has 4 heteroatoms. The Labute approximate surface area is 128 Å². The van der Waals surface area contributed by atoms with Gasteiger partial charge in [-0.1, -0.05) is 38.5 Å². The van der Waals surface area contributed by atoms with Gasteiger partial charge in [0, 0.05) is 12.1 Å². The maximum atomic E-state index is 12.2. The molecule has 21 heavy (non-hydrogen) atoms. The van der Waals surface area contributed by atoms with E-state index in [-0.39, 0.29) is 11.8 Å². The zero-order valence-electron chi connectivity index (χ0n) is 12.9. The summed E-state index contributed by atoms with van der Waals surface area (Å²) < 4.78 is 24.4. The van der Waals surface area contributed by atoms with Gasteiger partial charge in [0.25, 0.3) is 0 Å². The van der Waals surface area contributed by atoms with Crippen molar-refractivity contribution in [1.29, 1.82) is 0 Å². The number of fused-ring (bicyclic) bond motifs is 1. The highest BCUT2D eigenvalue weighted by Crippen LogP contribution is 2.38. The van der Waals surface area contributed by atoms with Crippen LogP contribution in [-0.4, -0.2) is 20.2 Å². The first-order valence-electron chi connectivity index (χ1n) is 7.95. The van der Waals surface area contributed by atoms with Gasteiger partial charge in [0.15, 0.2) is 9.84 Å². The number of hydrogen-bond acceptors (Lipinski definition) is 3. The number of benzene rings is 1. The summed E-state index contributed by atoms with van der Waals surface area (Å²) in [4.78, 5) is 0.531. The third-order valence-corrected chi connectivity index (χ3v) is 6.76. The van der Waals surface area contributed by atoms with Crippen molar-refractivity contribution < 1.29 is 8.42 Å². The highest BCUT2D eigenvalue weighted by Gasteiger charge is 2.33. The first kappa shape index (κ1) is 15.0. The second kappa shape index (κ2) is 5.40. The van der Waals surface area contributed by atoms with Crippen LogP contribution in [0.15, 0.2) is 29.2 Å². The summed E-state index contributed by atoms with van der Waals surface area (Å²) in [5.41, 5.74) is 1.36. The molecule has 1 aliphatic carbocycles. The number of sulfone groups is 1. The quantitative estimate of drug-likeness (QED) is 0.910. The molecule has 116 valence electrons. The average molecular weight is 307 g/mol. The van der Waals surface area contributed by atoms with Crippen molar-refractivity contribution in [2.45, 2.75) is 62.9 Å². The fourth-order valence-corrected chi connectivity index (χ4v) is 5.51. The van der Waals surface area contributed by atoms with E-state index in [2.05, 4.69) is 19.2 Å². The second-order valence-electron chi connectivity index (χ2n) is 7.32. The fraction of sp³-hybridized carbons (Fsp3) is 0.647. The molecule has 1 N–H and O–H groups in total. The Balaban J connectivity index is 1.81. The van der Waals surface area contributed by atoms with E-state index in [1.54, 1.807) is 6.07 Å². The second-order valence-corrected chi connectivity index (χ2v) is 9.40. The molecule has 0 bridgehead atoms. The minimum absolute atomic E-state index is 0.184. The molecule has 1 aromatic rings. The van der Waals surface area contributed by atoms with E-state index >= 15 is 0 Å². The van der Waals surface area contributed by atoms with Gasteiger partial charge in [-0.15, -0.1) is 0 Å². The molecule has 2 atom stereocenters. The van der Waals surface area contributed by atoms with E-state index in [0.717, 1.165) is 5.56 Å². The van der Waals surface area contributed by atoms with Gasteiger partial charge in [-0.25, -0.2) is 8.42 Å². The SMILES string of the molecule is CC1(C)CCCC(NC2CCS(=O)(=O)c3ccccc32)C1. The van der Waals surface area contributed by atoms with E-state index in [0.29, 0.717) is 22.8 Å². The predicted molar refractivity (Wildman–Crippen MR) is 85.0 cm³/mol. The summed E-state index contributed by atoms with van der Waals surface area (Å²) in [6.07, 6.45) is 5.63. The number of hydrogen-bond donors (Lipinski definition) is 1. The summed E-state index contributed by atoms with van der Waals surface area (Å²) in [6.45, 7) is 4.67. The largest absolute Gasteiger partial charge is 0.307 e. The van der Waals surface area contributed by atoms with Crippen LogP contribution in [0.5, 0.6) is 0 Å². The molecule has 0 aromatic heterocycles. The molecule has 3 nitrogen and oxygen atoms in total. The molecule has 0 amide bonds. The lowest BCUT2D eigenvalue weighted by atomic mass is 9.75. The minimum Gasteiger partial charge on any atom is -0.307 e. The predicted octanol–water partition coefficient (Wildman–Crippen LogP) is 3.46. The average Bonchev–Trinajstić information content (AvgIpc) is 2.41. The number of rotatable bonds is 2. The van der Waals surface area contributed by atoms with Crippen molar-refractivity contribution in [2.24, 2.45) is 5.41 Å². The fourth-order valence-electron chi connectivity index (χ4n) is 3.89. The Bertz CT molecular complexity index is 621. The molecule has 2 unspecified atom stereocenters. The Morgan fingerprint density at radius 3 is 2.71 bits per heavy atom. The number of nitrogens with one attached hydrogen (secondary N) is 1. The van der Waals surface area contributed by atoms with Crippen molar-refractivity contribution in [1.82, 2.24) is 5.32 Å². The van der Waals surface area contributed by atoms with Crippen LogP contribution in [0.1, 0.15) is 57.6 Å². The Morgan fingerprint density at radius 2 is 1.95 bits per heavy atom. The van der Waals surface area contributed by atoms with Gasteiger partial charge in [0.2, 0.25) is 0 Å². The highest BCUT2D eigenvalue weighted by molar-refractivity contribution is 7.91. The molecule has 0 spiro atoms. The maximum Gasteiger partial charge on any atom is 0.178 e. The lowest BCUT2D eigenvalue weighted by Crippen LogP contribution is -2.41. The molecular weight excluding hydrogens is 282 g/mol. The zero-order valence-corrected chi connectivity index (χ0v) is 13.7. The topological polar surface area (TPSA) is 46.2 Å².